The first-order valence-corrected chi connectivity index (χ1v) is 9.18. The van der Waals surface area contributed by atoms with Crippen LogP contribution >= 0.6 is 0 Å². The standard InChI is InChI=1S/C20H17NO3S/c1-16-9-8-12-18(15-16)24-20(17-10-4-2-5-11-17)21-25(22,23)19-13-6-3-7-14-19/h2-15H,1H3/b21-20-. The predicted molar refractivity (Wildman–Crippen MR) is 98.4 cm³/mol. The topological polar surface area (TPSA) is 55.7 Å². The van der Waals surface area contributed by atoms with Crippen LogP contribution in [0, 0.1) is 6.92 Å². The van der Waals surface area contributed by atoms with Crippen LogP contribution in [-0.4, -0.2) is 14.3 Å². The van der Waals surface area contributed by atoms with Crippen LogP contribution in [0.15, 0.2) is 94.2 Å². The summed E-state index contributed by atoms with van der Waals surface area (Å²) in [6, 6.07) is 24.4. The summed E-state index contributed by atoms with van der Waals surface area (Å²) in [7, 11) is -3.87. The lowest BCUT2D eigenvalue weighted by Crippen LogP contribution is -2.13. The first-order valence-electron chi connectivity index (χ1n) is 7.74. The third-order valence-corrected chi connectivity index (χ3v) is 4.74. The Kier molecular flexibility index (Phi) is 4.95. The van der Waals surface area contributed by atoms with Gasteiger partial charge in [0.25, 0.3) is 10.0 Å². The zero-order chi connectivity index (χ0) is 17.7. The minimum absolute atomic E-state index is 0.0371. The Morgan fingerprint density at radius 2 is 1.48 bits per heavy atom. The van der Waals surface area contributed by atoms with E-state index < -0.39 is 10.0 Å². The molecule has 0 aliphatic rings. The Bertz CT molecular complexity index is 982. The van der Waals surface area contributed by atoms with Gasteiger partial charge in [-0.1, -0.05) is 48.5 Å². The second-order valence-corrected chi connectivity index (χ2v) is 7.07. The SMILES string of the molecule is Cc1cccc(O/C(=N\S(=O)(=O)c2ccccc2)c2ccccc2)c1. The monoisotopic (exact) mass is 351 g/mol. The van der Waals surface area contributed by atoms with E-state index in [0.717, 1.165) is 5.56 Å². The average molecular weight is 351 g/mol. The van der Waals surface area contributed by atoms with Crippen molar-refractivity contribution in [2.45, 2.75) is 11.8 Å². The highest BCUT2D eigenvalue weighted by atomic mass is 32.2. The molecule has 0 aromatic heterocycles. The number of ether oxygens (including phenoxy) is 1. The van der Waals surface area contributed by atoms with E-state index in [1.165, 1.54) is 12.1 Å². The molecule has 0 bridgehead atoms. The lowest BCUT2D eigenvalue weighted by molar-refractivity contribution is 0.550. The van der Waals surface area contributed by atoms with Gasteiger partial charge in [-0.25, -0.2) is 0 Å². The zero-order valence-electron chi connectivity index (χ0n) is 13.7. The first kappa shape index (κ1) is 16.9. The third kappa shape index (κ3) is 4.33. The Hall–Kier alpha value is -2.92. The molecule has 5 heteroatoms. The van der Waals surface area contributed by atoms with Crippen LogP contribution in [-0.2, 0) is 10.0 Å². The van der Waals surface area contributed by atoms with Crippen LogP contribution < -0.4 is 4.74 Å². The van der Waals surface area contributed by atoms with Gasteiger partial charge in [-0.05, 0) is 48.9 Å². The molecule has 3 aromatic carbocycles. The van der Waals surface area contributed by atoms with Gasteiger partial charge in [0.2, 0.25) is 5.90 Å². The van der Waals surface area contributed by atoms with Gasteiger partial charge in [0.15, 0.2) is 0 Å². The summed E-state index contributed by atoms with van der Waals surface area (Å²) in [4.78, 5) is 0.122. The average Bonchev–Trinajstić information content (AvgIpc) is 2.63. The smallest absolute Gasteiger partial charge is 0.285 e. The van der Waals surface area contributed by atoms with E-state index in [1.807, 2.05) is 31.2 Å². The normalized spacial score (nSPS) is 12.0. The Labute approximate surface area is 147 Å². The van der Waals surface area contributed by atoms with Crippen LogP contribution in [0.1, 0.15) is 11.1 Å². The number of nitrogens with zero attached hydrogens (tertiary/aromatic N) is 1. The minimum Gasteiger partial charge on any atom is -0.438 e. The molecule has 0 aliphatic heterocycles. The van der Waals surface area contributed by atoms with Gasteiger partial charge in [-0.2, -0.15) is 8.42 Å². The molecule has 126 valence electrons. The summed E-state index contributed by atoms with van der Waals surface area (Å²) in [6.07, 6.45) is 0. The minimum atomic E-state index is -3.87. The molecule has 0 amide bonds. The molecule has 0 fully saturated rings. The molecule has 0 saturated carbocycles. The number of aryl methyl sites for hydroxylation is 1. The fourth-order valence-electron chi connectivity index (χ4n) is 2.26. The molecule has 0 N–H and O–H groups in total. The molecular weight excluding hydrogens is 334 g/mol. The molecule has 3 aromatic rings. The van der Waals surface area contributed by atoms with Gasteiger partial charge in [-0.15, -0.1) is 4.40 Å². The van der Waals surface area contributed by atoms with Crippen LogP contribution in [0.25, 0.3) is 0 Å². The van der Waals surface area contributed by atoms with E-state index in [-0.39, 0.29) is 10.8 Å². The zero-order valence-corrected chi connectivity index (χ0v) is 14.5. The van der Waals surface area contributed by atoms with Crippen molar-refractivity contribution in [3.05, 3.63) is 96.1 Å². The first-order chi connectivity index (χ1) is 12.0. The summed E-state index contributed by atoms with van der Waals surface area (Å²) >= 11 is 0. The van der Waals surface area contributed by atoms with Gasteiger partial charge in [0, 0.05) is 5.56 Å². The third-order valence-electron chi connectivity index (χ3n) is 3.47. The van der Waals surface area contributed by atoms with Crippen molar-refractivity contribution in [1.82, 2.24) is 0 Å². The van der Waals surface area contributed by atoms with Crippen LogP contribution in [0.2, 0.25) is 0 Å². The summed E-state index contributed by atoms with van der Waals surface area (Å²) in [5.41, 5.74) is 1.60. The Balaban J connectivity index is 2.05. The quantitative estimate of drug-likeness (QED) is 0.523. The van der Waals surface area contributed by atoms with Crippen LogP contribution in [0.3, 0.4) is 0 Å². The van der Waals surface area contributed by atoms with E-state index in [0.29, 0.717) is 11.3 Å². The molecule has 0 aliphatic carbocycles. The van der Waals surface area contributed by atoms with Crippen molar-refractivity contribution in [3.63, 3.8) is 0 Å². The van der Waals surface area contributed by atoms with E-state index in [4.69, 9.17) is 4.74 Å². The Morgan fingerprint density at radius 1 is 0.840 bits per heavy atom. The van der Waals surface area contributed by atoms with Crippen molar-refractivity contribution in [1.29, 1.82) is 0 Å². The van der Waals surface area contributed by atoms with Crippen molar-refractivity contribution in [2.75, 3.05) is 0 Å². The van der Waals surface area contributed by atoms with E-state index in [2.05, 4.69) is 4.40 Å². The molecule has 0 heterocycles. The van der Waals surface area contributed by atoms with Gasteiger partial charge in [0.1, 0.15) is 5.75 Å². The van der Waals surface area contributed by atoms with Crippen molar-refractivity contribution >= 4 is 15.9 Å². The molecule has 0 atom stereocenters. The fourth-order valence-corrected chi connectivity index (χ4v) is 3.22. The molecular formula is C20H17NO3S. The van der Waals surface area contributed by atoms with Crippen molar-refractivity contribution in [2.24, 2.45) is 4.40 Å². The number of hydrogen-bond donors (Lipinski definition) is 0. The molecule has 0 spiro atoms. The summed E-state index contributed by atoms with van der Waals surface area (Å²) in [5.74, 6) is 0.570. The van der Waals surface area contributed by atoms with Gasteiger partial charge in [-0.3, -0.25) is 0 Å². The molecule has 0 unspecified atom stereocenters. The number of sulfonamides is 1. The number of benzene rings is 3. The lowest BCUT2D eigenvalue weighted by Gasteiger charge is -2.10. The van der Waals surface area contributed by atoms with Gasteiger partial charge >= 0.3 is 0 Å². The largest absolute Gasteiger partial charge is 0.438 e. The summed E-state index contributed by atoms with van der Waals surface area (Å²) in [5, 5.41) is 0. The highest BCUT2D eigenvalue weighted by molar-refractivity contribution is 7.90. The molecule has 3 rings (SSSR count). The predicted octanol–water partition coefficient (Wildman–Crippen LogP) is 4.21. The van der Waals surface area contributed by atoms with Gasteiger partial charge in [0.05, 0.1) is 4.90 Å². The van der Waals surface area contributed by atoms with Gasteiger partial charge < -0.3 is 4.74 Å². The fraction of sp³-hybridized carbons (Fsp3) is 0.0500. The Morgan fingerprint density at radius 3 is 2.12 bits per heavy atom. The maximum absolute atomic E-state index is 12.6. The molecule has 0 radical (unpaired) electrons. The van der Waals surface area contributed by atoms with Crippen molar-refractivity contribution in [3.8, 4) is 5.75 Å². The summed E-state index contributed by atoms with van der Waals surface area (Å²) in [6.45, 7) is 1.94. The van der Waals surface area contributed by atoms with Crippen molar-refractivity contribution < 1.29 is 13.2 Å². The van der Waals surface area contributed by atoms with Crippen LogP contribution in [0.4, 0.5) is 0 Å². The maximum Gasteiger partial charge on any atom is 0.285 e. The second-order valence-electron chi connectivity index (χ2n) is 5.47. The van der Waals surface area contributed by atoms with Crippen LogP contribution in [0.5, 0.6) is 5.75 Å². The molecule has 4 nitrogen and oxygen atoms in total. The number of hydrogen-bond acceptors (Lipinski definition) is 3. The molecule has 0 saturated heterocycles. The lowest BCUT2D eigenvalue weighted by atomic mass is 10.2. The van der Waals surface area contributed by atoms with E-state index in [9.17, 15) is 8.42 Å². The molecule has 25 heavy (non-hydrogen) atoms. The highest BCUT2D eigenvalue weighted by Gasteiger charge is 2.16. The van der Waals surface area contributed by atoms with E-state index in [1.54, 1.807) is 48.5 Å². The maximum atomic E-state index is 12.6. The highest BCUT2D eigenvalue weighted by Crippen LogP contribution is 2.18. The van der Waals surface area contributed by atoms with E-state index >= 15 is 0 Å². The second kappa shape index (κ2) is 7.32. The summed E-state index contributed by atoms with van der Waals surface area (Å²) < 4.78 is 35.0. The number of rotatable bonds is 4.